The summed E-state index contributed by atoms with van der Waals surface area (Å²) in [4.78, 5) is 18.4. The highest BCUT2D eigenvalue weighted by molar-refractivity contribution is 7.98. The molecule has 0 saturated carbocycles. The number of nitrogens with zero attached hydrogens (tertiary/aromatic N) is 2. The summed E-state index contributed by atoms with van der Waals surface area (Å²) >= 11 is 1.60. The number of fused-ring (bicyclic) bond motifs is 1. The molecule has 0 aliphatic carbocycles. The Labute approximate surface area is 173 Å². The van der Waals surface area contributed by atoms with Gasteiger partial charge in [-0.1, -0.05) is 23.4 Å². The zero-order chi connectivity index (χ0) is 20.4. The summed E-state index contributed by atoms with van der Waals surface area (Å²) < 4.78 is 5.24. The lowest BCUT2D eigenvalue weighted by Gasteiger charge is -2.12. The molecule has 0 bridgehead atoms. The molecule has 0 atom stereocenters. The van der Waals surface area contributed by atoms with Crippen molar-refractivity contribution in [3.05, 3.63) is 82.9 Å². The van der Waals surface area contributed by atoms with Crippen molar-refractivity contribution in [2.75, 3.05) is 5.32 Å². The number of aromatic nitrogens is 2. The van der Waals surface area contributed by atoms with Gasteiger partial charge < -0.3 is 9.84 Å². The van der Waals surface area contributed by atoms with E-state index in [2.05, 4.69) is 15.5 Å². The summed E-state index contributed by atoms with van der Waals surface area (Å²) in [6, 6.07) is 15.4. The predicted octanol–water partition coefficient (Wildman–Crippen LogP) is 5.69. The Balaban J connectivity index is 1.60. The van der Waals surface area contributed by atoms with Gasteiger partial charge in [0.05, 0.1) is 22.5 Å². The van der Waals surface area contributed by atoms with Crippen LogP contribution >= 0.6 is 11.8 Å². The van der Waals surface area contributed by atoms with Crippen LogP contribution in [0, 0.1) is 20.8 Å². The summed E-state index contributed by atoms with van der Waals surface area (Å²) in [7, 11) is 0. The van der Waals surface area contributed by atoms with E-state index in [0.29, 0.717) is 11.3 Å². The second-order valence-corrected chi connectivity index (χ2v) is 7.89. The Bertz CT molecular complexity index is 1180. The largest absolute Gasteiger partial charge is 0.361 e. The highest BCUT2D eigenvalue weighted by Gasteiger charge is 2.16. The maximum Gasteiger partial charge on any atom is 0.256 e. The zero-order valence-corrected chi connectivity index (χ0v) is 17.3. The number of carbonyl (C=O) groups is 1. The van der Waals surface area contributed by atoms with Gasteiger partial charge in [0.25, 0.3) is 5.91 Å². The third kappa shape index (κ3) is 3.89. The van der Waals surface area contributed by atoms with Crippen LogP contribution in [0.15, 0.2) is 64.1 Å². The maximum atomic E-state index is 13.1. The SMILES string of the molecule is Cc1noc(C)c1CSc1ccccc1C(=O)Nc1ccc(C)c2ncccc12. The predicted molar refractivity (Wildman–Crippen MR) is 116 cm³/mol. The van der Waals surface area contributed by atoms with E-state index in [1.54, 1.807) is 18.0 Å². The van der Waals surface area contributed by atoms with E-state index in [4.69, 9.17) is 4.52 Å². The Morgan fingerprint density at radius 3 is 2.69 bits per heavy atom. The summed E-state index contributed by atoms with van der Waals surface area (Å²) in [5.74, 6) is 1.37. The number of anilines is 1. The molecule has 5 nitrogen and oxygen atoms in total. The molecule has 6 heteroatoms. The van der Waals surface area contributed by atoms with Gasteiger partial charge in [0.2, 0.25) is 0 Å². The second kappa shape index (κ2) is 8.09. The van der Waals surface area contributed by atoms with Gasteiger partial charge in [-0.15, -0.1) is 11.8 Å². The number of hydrogen-bond acceptors (Lipinski definition) is 5. The Kier molecular flexibility index (Phi) is 5.36. The van der Waals surface area contributed by atoms with Gasteiger partial charge in [0, 0.05) is 27.8 Å². The minimum atomic E-state index is -0.138. The fourth-order valence-corrected chi connectivity index (χ4v) is 4.45. The number of nitrogens with one attached hydrogen (secondary N) is 1. The minimum Gasteiger partial charge on any atom is -0.361 e. The van der Waals surface area contributed by atoms with Crippen molar-refractivity contribution in [3.63, 3.8) is 0 Å². The minimum absolute atomic E-state index is 0.138. The van der Waals surface area contributed by atoms with Crippen LogP contribution in [0.5, 0.6) is 0 Å². The second-order valence-electron chi connectivity index (χ2n) is 6.87. The van der Waals surface area contributed by atoms with E-state index < -0.39 is 0 Å². The van der Waals surface area contributed by atoms with Crippen molar-refractivity contribution in [2.24, 2.45) is 0 Å². The Morgan fingerprint density at radius 2 is 1.90 bits per heavy atom. The quantitative estimate of drug-likeness (QED) is 0.433. The monoisotopic (exact) mass is 403 g/mol. The molecule has 29 heavy (non-hydrogen) atoms. The van der Waals surface area contributed by atoms with Gasteiger partial charge in [0.1, 0.15) is 5.76 Å². The van der Waals surface area contributed by atoms with Gasteiger partial charge in [-0.3, -0.25) is 9.78 Å². The summed E-state index contributed by atoms with van der Waals surface area (Å²) in [6.45, 7) is 5.86. The van der Waals surface area contributed by atoms with E-state index in [1.165, 1.54) is 0 Å². The zero-order valence-electron chi connectivity index (χ0n) is 16.5. The lowest BCUT2D eigenvalue weighted by Crippen LogP contribution is -2.13. The van der Waals surface area contributed by atoms with Crippen LogP contribution in [-0.2, 0) is 5.75 Å². The number of thioether (sulfide) groups is 1. The first-order valence-corrected chi connectivity index (χ1v) is 10.3. The molecule has 0 spiro atoms. The average molecular weight is 404 g/mol. The number of amides is 1. The van der Waals surface area contributed by atoms with Crippen molar-refractivity contribution in [2.45, 2.75) is 31.4 Å². The van der Waals surface area contributed by atoms with Crippen LogP contribution in [0.25, 0.3) is 10.9 Å². The standard InChI is InChI=1S/C23H21N3O2S/c1-14-10-11-20(17-8-6-12-24-22(14)17)25-23(27)18-7-4-5-9-21(18)29-13-19-15(2)26-28-16(19)3/h4-12H,13H2,1-3H3,(H,25,27). The van der Waals surface area contributed by atoms with Gasteiger partial charge in [-0.05, 0) is 56.7 Å². The van der Waals surface area contributed by atoms with Crippen LogP contribution < -0.4 is 5.32 Å². The molecule has 4 rings (SSSR count). The third-order valence-corrected chi connectivity index (χ3v) is 6.00. The molecule has 1 N–H and O–H groups in total. The molecule has 2 aromatic carbocycles. The van der Waals surface area contributed by atoms with Crippen LogP contribution in [0.4, 0.5) is 5.69 Å². The normalized spacial score (nSPS) is 11.0. The highest BCUT2D eigenvalue weighted by Crippen LogP contribution is 2.30. The van der Waals surface area contributed by atoms with Crippen LogP contribution in [0.2, 0.25) is 0 Å². The molecule has 0 aliphatic rings. The molecular formula is C23H21N3O2S. The fourth-order valence-electron chi connectivity index (χ4n) is 3.25. The van der Waals surface area contributed by atoms with Gasteiger partial charge in [0.15, 0.2) is 0 Å². The van der Waals surface area contributed by atoms with Crippen molar-refractivity contribution < 1.29 is 9.32 Å². The maximum absolute atomic E-state index is 13.1. The molecule has 2 heterocycles. The van der Waals surface area contributed by atoms with Crippen LogP contribution in [0.1, 0.15) is 32.9 Å². The van der Waals surface area contributed by atoms with E-state index in [-0.39, 0.29) is 5.91 Å². The number of carbonyl (C=O) groups excluding carboxylic acids is 1. The molecule has 146 valence electrons. The van der Waals surface area contributed by atoms with Crippen LogP contribution in [-0.4, -0.2) is 16.0 Å². The van der Waals surface area contributed by atoms with Gasteiger partial charge >= 0.3 is 0 Å². The van der Waals surface area contributed by atoms with Crippen molar-refractivity contribution in [1.82, 2.24) is 10.1 Å². The Morgan fingerprint density at radius 1 is 1.07 bits per heavy atom. The van der Waals surface area contributed by atoms with E-state index >= 15 is 0 Å². The number of benzene rings is 2. The number of pyridine rings is 1. The molecule has 0 radical (unpaired) electrons. The van der Waals surface area contributed by atoms with Gasteiger partial charge in [-0.2, -0.15) is 0 Å². The smallest absolute Gasteiger partial charge is 0.256 e. The first-order chi connectivity index (χ1) is 14.0. The molecule has 0 fully saturated rings. The van der Waals surface area contributed by atoms with Crippen LogP contribution in [0.3, 0.4) is 0 Å². The lowest BCUT2D eigenvalue weighted by molar-refractivity contribution is 0.102. The molecule has 0 aliphatic heterocycles. The lowest BCUT2D eigenvalue weighted by atomic mass is 10.1. The van der Waals surface area contributed by atoms with E-state index in [0.717, 1.165) is 44.1 Å². The number of aryl methyl sites for hydroxylation is 3. The molecule has 0 saturated heterocycles. The first kappa shape index (κ1) is 19.2. The van der Waals surface area contributed by atoms with Crippen molar-refractivity contribution in [1.29, 1.82) is 0 Å². The van der Waals surface area contributed by atoms with Gasteiger partial charge in [-0.25, -0.2) is 0 Å². The third-order valence-electron chi connectivity index (χ3n) is 4.90. The molecule has 0 unspecified atom stereocenters. The summed E-state index contributed by atoms with van der Waals surface area (Å²) in [5, 5.41) is 8.00. The summed E-state index contributed by atoms with van der Waals surface area (Å²) in [5.41, 5.74) is 5.33. The highest BCUT2D eigenvalue weighted by atomic mass is 32.2. The summed E-state index contributed by atoms with van der Waals surface area (Å²) in [6.07, 6.45) is 1.77. The molecule has 2 aromatic heterocycles. The van der Waals surface area contributed by atoms with Crippen molar-refractivity contribution >= 4 is 34.3 Å². The average Bonchev–Trinajstić information content (AvgIpc) is 3.06. The number of rotatable bonds is 5. The van der Waals surface area contributed by atoms with Crippen molar-refractivity contribution in [3.8, 4) is 0 Å². The fraction of sp³-hybridized carbons (Fsp3) is 0.174. The topological polar surface area (TPSA) is 68.0 Å². The Hall–Kier alpha value is -3.12. The van der Waals surface area contributed by atoms with E-state index in [1.807, 2.05) is 69.3 Å². The molecular weight excluding hydrogens is 382 g/mol. The number of hydrogen-bond donors (Lipinski definition) is 1. The van der Waals surface area contributed by atoms with E-state index in [9.17, 15) is 4.79 Å². The molecule has 4 aromatic rings. The first-order valence-electron chi connectivity index (χ1n) is 9.34. The molecule has 1 amide bonds.